The molecule has 4 heteroatoms. The zero-order chi connectivity index (χ0) is 13.8. The molecule has 1 aromatic carbocycles. The molecule has 2 atom stereocenters. The number of benzene rings is 1. The van der Waals surface area contributed by atoms with Crippen LogP contribution in [-0.2, 0) is 11.2 Å². The molecule has 0 saturated heterocycles. The molecular weight excluding hydrogens is 271 g/mol. The SMILES string of the molecule is CCOC(C)(CC)C(O)Cc1ccc(Cl)cc1Cl. The van der Waals surface area contributed by atoms with Crippen LogP contribution >= 0.6 is 23.2 Å². The van der Waals surface area contributed by atoms with Crippen LogP contribution in [0.4, 0.5) is 0 Å². The molecule has 0 aliphatic carbocycles. The van der Waals surface area contributed by atoms with E-state index in [1.165, 1.54) is 0 Å². The Hall–Kier alpha value is -0.280. The molecule has 2 unspecified atom stereocenters. The molecule has 0 bridgehead atoms. The lowest BCUT2D eigenvalue weighted by Gasteiger charge is -2.33. The molecule has 0 spiro atoms. The summed E-state index contributed by atoms with van der Waals surface area (Å²) >= 11 is 12.0. The van der Waals surface area contributed by atoms with Crippen LogP contribution in [0.3, 0.4) is 0 Å². The predicted molar refractivity (Wildman–Crippen MR) is 76.5 cm³/mol. The Morgan fingerprint density at radius 2 is 2.00 bits per heavy atom. The first-order chi connectivity index (χ1) is 8.42. The van der Waals surface area contributed by atoms with E-state index in [-0.39, 0.29) is 0 Å². The summed E-state index contributed by atoms with van der Waals surface area (Å²) in [5, 5.41) is 11.5. The van der Waals surface area contributed by atoms with Crippen LogP contribution in [0.2, 0.25) is 10.0 Å². The van der Waals surface area contributed by atoms with Crippen molar-refractivity contribution in [2.24, 2.45) is 0 Å². The van der Waals surface area contributed by atoms with Gasteiger partial charge in [-0.25, -0.2) is 0 Å². The number of aliphatic hydroxyl groups is 1. The molecule has 18 heavy (non-hydrogen) atoms. The zero-order valence-electron chi connectivity index (χ0n) is 11.0. The number of rotatable bonds is 6. The lowest BCUT2D eigenvalue weighted by atomic mass is 9.90. The van der Waals surface area contributed by atoms with Crippen molar-refractivity contribution >= 4 is 23.2 Å². The third-order valence-electron chi connectivity index (χ3n) is 3.31. The van der Waals surface area contributed by atoms with Crippen molar-refractivity contribution in [3.8, 4) is 0 Å². The first-order valence-corrected chi connectivity index (χ1v) is 6.94. The average molecular weight is 291 g/mol. The maximum atomic E-state index is 10.3. The van der Waals surface area contributed by atoms with E-state index in [2.05, 4.69) is 0 Å². The Morgan fingerprint density at radius 3 is 2.50 bits per heavy atom. The smallest absolute Gasteiger partial charge is 0.0912 e. The quantitative estimate of drug-likeness (QED) is 0.855. The maximum Gasteiger partial charge on any atom is 0.0912 e. The third kappa shape index (κ3) is 3.86. The van der Waals surface area contributed by atoms with Gasteiger partial charge in [-0.15, -0.1) is 0 Å². The highest BCUT2D eigenvalue weighted by Crippen LogP contribution is 2.27. The highest BCUT2D eigenvalue weighted by atomic mass is 35.5. The summed E-state index contributed by atoms with van der Waals surface area (Å²) in [4.78, 5) is 0. The summed E-state index contributed by atoms with van der Waals surface area (Å²) in [7, 11) is 0. The first kappa shape index (κ1) is 15.8. The Balaban J connectivity index is 2.82. The molecule has 2 nitrogen and oxygen atoms in total. The van der Waals surface area contributed by atoms with Crippen molar-refractivity contribution in [1.29, 1.82) is 0 Å². The van der Waals surface area contributed by atoms with E-state index in [9.17, 15) is 5.11 Å². The van der Waals surface area contributed by atoms with Crippen LogP contribution in [0, 0.1) is 0 Å². The van der Waals surface area contributed by atoms with Gasteiger partial charge >= 0.3 is 0 Å². The second-order valence-electron chi connectivity index (χ2n) is 4.55. The van der Waals surface area contributed by atoms with Gasteiger partial charge in [-0.1, -0.05) is 36.2 Å². The van der Waals surface area contributed by atoms with Crippen molar-refractivity contribution in [2.75, 3.05) is 6.61 Å². The fourth-order valence-electron chi connectivity index (χ4n) is 1.88. The van der Waals surface area contributed by atoms with Gasteiger partial charge in [0, 0.05) is 23.1 Å². The monoisotopic (exact) mass is 290 g/mol. The molecule has 0 aliphatic heterocycles. The largest absolute Gasteiger partial charge is 0.390 e. The van der Waals surface area contributed by atoms with Gasteiger partial charge in [0.2, 0.25) is 0 Å². The maximum absolute atomic E-state index is 10.3. The van der Waals surface area contributed by atoms with Gasteiger partial charge in [0.1, 0.15) is 0 Å². The number of halogens is 2. The third-order valence-corrected chi connectivity index (χ3v) is 3.90. The summed E-state index contributed by atoms with van der Waals surface area (Å²) in [6, 6.07) is 5.31. The van der Waals surface area contributed by atoms with Gasteiger partial charge in [-0.05, 0) is 38.0 Å². The minimum absolute atomic E-state index is 0.459. The molecule has 0 saturated carbocycles. The Kier molecular flexibility index (Phi) is 5.93. The van der Waals surface area contributed by atoms with Crippen molar-refractivity contribution in [3.63, 3.8) is 0 Å². The van der Waals surface area contributed by atoms with Gasteiger partial charge in [0.15, 0.2) is 0 Å². The lowest BCUT2D eigenvalue weighted by molar-refractivity contribution is -0.110. The zero-order valence-corrected chi connectivity index (χ0v) is 12.6. The minimum Gasteiger partial charge on any atom is -0.390 e. The fourth-order valence-corrected chi connectivity index (χ4v) is 2.36. The molecular formula is C14H20Cl2O2. The van der Waals surface area contributed by atoms with Crippen molar-refractivity contribution in [3.05, 3.63) is 33.8 Å². The van der Waals surface area contributed by atoms with Crippen molar-refractivity contribution in [1.82, 2.24) is 0 Å². The summed E-state index contributed by atoms with van der Waals surface area (Å²) in [5.41, 5.74) is 0.338. The van der Waals surface area contributed by atoms with Crippen LogP contribution in [-0.4, -0.2) is 23.4 Å². The first-order valence-electron chi connectivity index (χ1n) is 6.19. The normalized spacial score (nSPS) is 16.3. The molecule has 1 N–H and O–H groups in total. The predicted octanol–water partition coefficient (Wildman–Crippen LogP) is 4.10. The van der Waals surface area contributed by atoms with E-state index in [1.807, 2.05) is 26.8 Å². The molecule has 1 rings (SSSR count). The van der Waals surface area contributed by atoms with E-state index < -0.39 is 11.7 Å². The summed E-state index contributed by atoms with van der Waals surface area (Å²) in [5.74, 6) is 0. The molecule has 1 aromatic rings. The van der Waals surface area contributed by atoms with Gasteiger partial charge in [0.05, 0.1) is 11.7 Å². The molecule has 0 radical (unpaired) electrons. The van der Waals surface area contributed by atoms with E-state index in [0.717, 1.165) is 12.0 Å². The number of aliphatic hydroxyl groups excluding tert-OH is 1. The topological polar surface area (TPSA) is 29.5 Å². The molecule has 0 aliphatic rings. The van der Waals surface area contributed by atoms with Crippen molar-refractivity contribution < 1.29 is 9.84 Å². The number of ether oxygens (including phenoxy) is 1. The molecule has 0 amide bonds. The summed E-state index contributed by atoms with van der Waals surface area (Å²) in [6.07, 6.45) is 0.606. The van der Waals surface area contributed by atoms with Crippen molar-refractivity contribution in [2.45, 2.75) is 45.3 Å². The van der Waals surface area contributed by atoms with E-state index in [4.69, 9.17) is 27.9 Å². The highest BCUT2D eigenvalue weighted by molar-refractivity contribution is 6.35. The molecule has 102 valence electrons. The molecule has 0 heterocycles. The van der Waals surface area contributed by atoms with Gasteiger partial charge < -0.3 is 9.84 Å². The van der Waals surface area contributed by atoms with Crippen LogP contribution < -0.4 is 0 Å². The Bertz CT molecular complexity index is 395. The summed E-state index contributed by atoms with van der Waals surface area (Å²) in [6.45, 7) is 6.43. The Labute approximate surface area is 119 Å². The number of hydrogen-bond acceptors (Lipinski definition) is 2. The second kappa shape index (κ2) is 6.76. The second-order valence-corrected chi connectivity index (χ2v) is 5.40. The van der Waals surface area contributed by atoms with E-state index in [1.54, 1.807) is 12.1 Å². The number of hydrogen-bond donors (Lipinski definition) is 1. The average Bonchev–Trinajstić information content (AvgIpc) is 2.32. The lowest BCUT2D eigenvalue weighted by Crippen LogP contribution is -2.43. The van der Waals surface area contributed by atoms with Crippen LogP contribution in [0.1, 0.15) is 32.8 Å². The fraction of sp³-hybridized carbons (Fsp3) is 0.571. The summed E-state index contributed by atoms with van der Waals surface area (Å²) < 4.78 is 5.66. The van der Waals surface area contributed by atoms with Crippen LogP contribution in [0.25, 0.3) is 0 Å². The van der Waals surface area contributed by atoms with Crippen LogP contribution in [0.15, 0.2) is 18.2 Å². The molecule has 0 aromatic heterocycles. The van der Waals surface area contributed by atoms with Crippen LogP contribution in [0.5, 0.6) is 0 Å². The van der Waals surface area contributed by atoms with E-state index >= 15 is 0 Å². The van der Waals surface area contributed by atoms with E-state index in [0.29, 0.717) is 23.1 Å². The minimum atomic E-state index is -0.596. The van der Waals surface area contributed by atoms with Gasteiger partial charge in [0.25, 0.3) is 0 Å². The van der Waals surface area contributed by atoms with Gasteiger partial charge in [-0.2, -0.15) is 0 Å². The highest BCUT2D eigenvalue weighted by Gasteiger charge is 2.32. The Morgan fingerprint density at radius 1 is 1.33 bits per heavy atom. The molecule has 0 fully saturated rings. The standard InChI is InChI=1S/C14H20Cl2O2/c1-4-14(3,18-5-2)13(17)8-10-6-7-11(15)9-12(10)16/h6-7,9,13,17H,4-5,8H2,1-3H3. The van der Waals surface area contributed by atoms with Gasteiger partial charge in [-0.3, -0.25) is 0 Å².